The van der Waals surface area contributed by atoms with Gasteiger partial charge in [0.25, 0.3) is 0 Å². The molecule has 1 aromatic carbocycles. The van der Waals surface area contributed by atoms with E-state index in [-0.39, 0.29) is 0 Å². The van der Waals surface area contributed by atoms with Crippen molar-refractivity contribution in [3.8, 4) is 11.5 Å². The number of benzene rings is 1. The van der Waals surface area contributed by atoms with Crippen molar-refractivity contribution < 1.29 is 13.9 Å². The van der Waals surface area contributed by atoms with Gasteiger partial charge in [-0.3, -0.25) is 0 Å². The number of hydrogen-bond acceptors (Lipinski definition) is 4. The second kappa shape index (κ2) is 5.76. The molecule has 0 fully saturated rings. The molecule has 0 unspecified atom stereocenters. The van der Waals surface area contributed by atoms with Crippen LogP contribution in [-0.2, 0) is 6.42 Å². The number of nitrogens with zero attached hydrogens (tertiary/aromatic N) is 1. The van der Waals surface area contributed by atoms with Crippen LogP contribution in [0.25, 0.3) is 11.1 Å². The van der Waals surface area contributed by atoms with E-state index in [1.807, 2.05) is 12.1 Å². The van der Waals surface area contributed by atoms with Gasteiger partial charge >= 0.3 is 0 Å². The van der Waals surface area contributed by atoms with Gasteiger partial charge < -0.3 is 13.9 Å². The van der Waals surface area contributed by atoms with Crippen LogP contribution in [0, 0.1) is 0 Å². The largest absolute Gasteiger partial charge is 0.497 e. The highest BCUT2D eigenvalue weighted by molar-refractivity contribution is 5.81. The zero-order valence-electron chi connectivity index (χ0n) is 11.2. The monoisotopic (exact) mass is 250 g/mol. The van der Waals surface area contributed by atoms with Crippen LogP contribution in [0.5, 0.6) is 11.5 Å². The molecule has 0 spiro atoms. The number of fused-ring (bicyclic) bond motifs is 1. The Morgan fingerprint density at radius 3 is 2.67 bits per heavy atom. The molecule has 4 heteroatoms. The molecule has 0 N–H and O–H groups in total. The number of aryl methyl sites for hydroxylation is 1. The maximum atomic E-state index is 5.74. The van der Waals surface area contributed by atoms with E-state index in [1.54, 1.807) is 14.2 Å². The molecule has 0 atom stereocenters. The number of unbranched alkanes of at least 4 members (excludes halogenated alkanes) is 2. The van der Waals surface area contributed by atoms with Gasteiger partial charge in [-0.2, -0.15) is 0 Å². The summed E-state index contributed by atoms with van der Waals surface area (Å²) in [7, 11) is 3.25. The normalized spacial score (nSPS) is 10.8. The average Bonchev–Trinajstić information content (AvgIpc) is 2.80. The number of aromatic nitrogens is 1. The van der Waals surface area contributed by atoms with Gasteiger partial charge in [-0.1, -0.05) is 19.8 Å². The third kappa shape index (κ3) is 2.58. The summed E-state index contributed by atoms with van der Waals surface area (Å²) in [6, 6.07) is 3.67. The van der Waals surface area contributed by atoms with Crippen LogP contribution < -0.4 is 9.47 Å². The van der Waals surface area contributed by atoms with Crippen LogP contribution in [0.3, 0.4) is 0 Å². The summed E-state index contributed by atoms with van der Waals surface area (Å²) in [5, 5.41) is 0. The van der Waals surface area contributed by atoms with Crippen LogP contribution in [-0.4, -0.2) is 19.2 Å². The van der Waals surface area contributed by atoms with Gasteiger partial charge in [0.1, 0.15) is 11.3 Å². The summed E-state index contributed by atoms with van der Waals surface area (Å²) in [4.78, 5) is 4.48. The Labute approximate surface area is 107 Å². The van der Waals surface area contributed by atoms with E-state index in [9.17, 15) is 0 Å². The summed E-state index contributed by atoms with van der Waals surface area (Å²) >= 11 is 0. The van der Waals surface area contributed by atoms with Crippen molar-refractivity contribution in [2.24, 2.45) is 0 Å². The molecule has 0 amide bonds. The van der Waals surface area contributed by atoms with Gasteiger partial charge in [0.05, 0.1) is 14.2 Å². The maximum Gasteiger partial charge on any atom is 0.196 e. The van der Waals surface area contributed by atoms with E-state index < -0.39 is 0 Å². The highest BCUT2D eigenvalue weighted by Crippen LogP contribution is 2.31. The summed E-state index contributed by atoms with van der Waals surface area (Å²) in [5.41, 5.74) is 1.49. The summed E-state index contributed by atoms with van der Waals surface area (Å²) in [6.45, 7) is 2.18. The Bertz CT molecular complexity index is 519. The highest BCUT2D eigenvalue weighted by atomic mass is 16.5. The lowest BCUT2D eigenvalue weighted by molar-refractivity contribution is 0.391. The van der Waals surface area contributed by atoms with Crippen molar-refractivity contribution in [3.05, 3.63) is 18.0 Å². The van der Waals surface area contributed by atoms with E-state index in [0.717, 1.165) is 30.0 Å². The molecular weight excluding hydrogens is 231 g/mol. The second-order valence-corrected chi connectivity index (χ2v) is 4.24. The standard InChI is InChI=1S/C14H19NO3/c1-4-5-6-7-13-15-11-8-10(16-2)9-12(17-3)14(11)18-13/h8-9H,4-7H2,1-3H3/i13+1. The van der Waals surface area contributed by atoms with Crippen LogP contribution in [0.4, 0.5) is 0 Å². The van der Waals surface area contributed by atoms with Crippen molar-refractivity contribution in [1.29, 1.82) is 0 Å². The van der Waals surface area contributed by atoms with Crippen LogP contribution >= 0.6 is 0 Å². The number of ether oxygens (including phenoxy) is 2. The summed E-state index contributed by atoms with van der Waals surface area (Å²) < 4.78 is 16.3. The second-order valence-electron chi connectivity index (χ2n) is 4.24. The number of rotatable bonds is 6. The molecule has 1 aromatic heterocycles. The first-order valence-corrected chi connectivity index (χ1v) is 6.30. The van der Waals surface area contributed by atoms with Crippen LogP contribution in [0.15, 0.2) is 16.5 Å². The lowest BCUT2D eigenvalue weighted by atomic mass is 10.2. The summed E-state index contributed by atoms with van der Waals surface area (Å²) in [5.74, 6) is 2.16. The lowest BCUT2D eigenvalue weighted by Gasteiger charge is -2.03. The molecule has 0 bridgehead atoms. The smallest absolute Gasteiger partial charge is 0.196 e. The molecule has 0 aliphatic rings. The van der Waals surface area contributed by atoms with Gasteiger partial charge in [-0.25, -0.2) is 4.98 Å². The molecule has 0 radical (unpaired) electrons. The fraction of sp³-hybridized carbons (Fsp3) is 0.500. The molecule has 0 saturated carbocycles. The first kappa shape index (κ1) is 12.7. The Morgan fingerprint density at radius 1 is 1.17 bits per heavy atom. The molecule has 2 aromatic rings. The Balaban J connectivity index is 2.31. The minimum atomic E-state index is 0.665. The van der Waals surface area contributed by atoms with Crippen molar-refractivity contribution in [3.63, 3.8) is 0 Å². The summed E-state index contributed by atoms with van der Waals surface area (Å²) in [6.07, 6.45) is 4.35. The van der Waals surface area contributed by atoms with Gasteiger partial charge in [0.2, 0.25) is 0 Å². The number of methoxy groups -OCH3 is 2. The van der Waals surface area contributed by atoms with Gasteiger partial charge in [-0.05, 0) is 6.42 Å². The zero-order valence-corrected chi connectivity index (χ0v) is 11.2. The van der Waals surface area contributed by atoms with Crippen molar-refractivity contribution in [1.82, 2.24) is 4.98 Å². The van der Waals surface area contributed by atoms with E-state index in [2.05, 4.69) is 11.9 Å². The molecule has 0 aliphatic carbocycles. The molecular formula is C14H19NO3. The minimum absolute atomic E-state index is 0.665. The fourth-order valence-electron chi connectivity index (χ4n) is 1.93. The van der Waals surface area contributed by atoms with E-state index in [0.29, 0.717) is 11.3 Å². The zero-order chi connectivity index (χ0) is 13.0. The molecule has 0 saturated heterocycles. The van der Waals surface area contributed by atoms with E-state index in [1.165, 1.54) is 12.8 Å². The fourth-order valence-corrected chi connectivity index (χ4v) is 1.93. The molecule has 2 rings (SSSR count). The molecule has 98 valence electrons. The number of hydrogen-bond donors (Lipinski definition) is 0. The Kier molecular flexibility index (Phi) is 4.07. The predicted octanol–water partition coefficient (Wildman–Crippen LogP) is 3.58. The van der Waals surface area contributed by atoms with Crippen molar-refractivity contribution in [2.45, 2.75) is 32.6 Å². The third-order valence-electron chi connectivity index (χ3n) is 2.92. The first-order chi connectivity index (χ1) is 8.78. The van der Waals surface area contributed by atoms with E-state index >= 15 is 0 Å². The van der Waals surface area contributed by atoms with Gasteiger partial charge in [-0.15, -0.1) is 0 Å². The third-order valence-corrected chi connectivity index (χ3v) is 2.92. The molecule has 18 heavy (non-hydrogen) atoms. The maximum absolute atomic E-state index is 5.74. The van der Waals surface area contributed by atoms with Crippen LogP contribution in [0.2, 0.25) is 0 Å². The highest BCUT2D eigenvalue weighted by Gasteiger charge is 2.12. The lowest BCUT2D eigenvalue weighted by Crippen LogP contribution is -1.87. The molecule has 4 nitrogen and oxygen atoms in total. The first-order valence-electron chi connectivity index (χ1n) is 6.30. The van der Waals surface area contributed by atoms with Gasteiger partial charge in [0, 0.05) is 18.6 Å². The quantitative estimate of drug-likeness (QED) is 0.735. The topological polar surface area (TPSA) is 44.5 Å². The SMILES string of the molecule is CCCCC[13c]1nc2cc(OC)cc(OC)c2o1. The minimum Gasteiger partial charge on any atom is -0.497 e. The number of oxazole rings is 1. The average molecular weight is 250 g/mol. The molecule has 0 aliphatic heterocycles. The predicted molar refractivity (Wildman–Crippen MR) is 70.3 cm³/mol. The van der Waals surface area contributed by atoms with Crippen molar-refractivity contribution in [2.75, 3.05) is 14.2 Å². The molecule has 1 heterocycles. The van der Waals surface area contributed by atoms with E-state index in [4.69, 9.17) is 13.9 Å². The Hall–Kier alpha value is -1.71. The van der Waals surface area contributed by atoms with Crippen molar-refractivity contribution >= 4 is 11.1 Å². The Morgan fingerprint density at radius 2 is 2.00 bits per heavy atom. The van der Waals surface area contributed by atoms with Crippen LogP contribution in [0.1, 0.15) is 32.1 Å². The van der Waals surface area contributed by atoms with Gasteiger partial charge in [0.15, 0.2) is 17.2 Å².